The van der Waals surface area contributed by atoms with Gasteiger partial charge in [0.2, 0.25) is 0 Å². The number of aliphatic imine (C=N–C) groups is 2. The number of benzene rings is 2. The number of ketones is 2. The number of aliphatic hydroxyl groups is 1. The van der Waals surface area contributed by atoms with Crippen LogP contribution < -0.4 is 0 Å². The molecule has 1 radical (unpaired) electrons. The summed E-state index contributed by atoms with van der Waals surface area (Å²) in [4.78, 5) is 28.3. The van der Waals surface area contributed by atoms with Crippen molar-refractivity contribution in [1.29, 1.82) is 0 Å². The van der Waals surface area contributed by atoms with E-state index in [9.17, 15) is 14.7 Å². The van der Waals surface area contributed by atoms with Crippen LogP contribution in [0.2, 0.25) is 0 Å². The van der Waals surface area contributed by atoms with Gasteiger partial charge in [-0.1, -0.05) is 60.7 Å². The average molecular weight is 444 g/mol. The molecule has 2 aromatic rings. The standard InChI is InChI=1S/C23H26N2O3.Cu/c1-17(26)13-22(19-9-5-3-6-10-19)24-15-21(28)16-25-23(14-18(2)27)20-11-7-4-8-12-20;/h3-12,21,28H,13-16H2,1-2H3;/p+2. The van der Waals surface area contributed by atoms with Crippen molar-refractivity contribution in [2.24, 2.45) is 9.98 Å². The van der Waals surface area contributed by atoms with Crippen molar-refractivity contribution in [3.05, 3.63) is 71.8 Å². The predicted octanol–water partition coefficient (Wildman–Crippen LogP) is 3.23. The second-order valence-electron chi connectivity index (χ2n) is 6.78. The Morgan fingerprint density at radius 2 is 1.10 bits per heavy atom. The van der Waals surface area contributed by atoms with E-state index in [0.29, 0.717) is 12.8 Å². The maximum atomic E-state index is 10.4. The largest absolute Gasteiger partial charge is 0.389 e. The quantitative estimate of drug-likeness (QED) is 0.341. The van der Waals surface area contributed by atoms with Gasteiger partial charge < -0.3 is 5.11 Å². The molecule has 0 saturated heterocycles. The monoisotopic (exact) mass is 443 g/mol. The molecule has 0 saturated carbocycles. The first-order valence-electron chi connectivity index (χ1n) is 9.34. The summed E-state index contributed by atoms with van der Waals surface area (Å²) in [7, 11) is 0. The molecule has 2 rings (SSSR count). The van der Waals surface area contributed by atoms with E-state index in [1.165, 1.54) is 0 Å². The second-order valence-corrected chi connectivity index (χ2v) is 6.78. The molecule has 5 nitrogen and oxygen atoms in total. The molecule has 0 aliphatic rings. The van der Waals surface area contributed by atoms with E-state index in [1.807, 2.05) is 60.7 Å². The van der Waals surface area contributed by atoms with Crippen molar-refractivity contribution in [3.63, 3.8) is 0 Å². The molecule has 3 N–H and O–H groups in total. The summed E-state index contributed by atoms with van der Waals surface area (Å²) in [5, 5.41) is 10.4. The van der Waals surface area contributed by atoms with E-state index in [-0.39, 0.29) is 41.7 Å². The molecule has 157 valence electrons. The third kappa shape index (κ3) is 9.09. The fourth-order valence-corrected chi connectivity index (χ4v) is 2.73. The van der Waals surface area contributed by atoms with Crippen LogP contribution in [0.3, 0.4) is 0 Å². The predicted molar refractivity (Wildman–Crippen MR) is 116 cm³/mol. The molecule has 0 fully saturated rings. The third-order valence-corrected chi connectivity index (χ3v) is 4.05. The van der Waals surface area contributed by atoms with Crippen LogP contribution in [0.15, 0.2) is 70.6 Å². The molecule has 0 spiro atoms. The molecule has 29 heavy (non-hydrogen) atoms. The average Bonchev–Trinajstić information content (AvgIpc) is 2.69. The summed E-state index contributed by atoms with van der Waals surface area (Å²) in [6.07, 6.45) is -0.0718. The molecule has 2 aromatic carbocycles. The van der Waals surface area contributed by atoms with Gasteiger partial charge in [0.15, 0.2) is 0 Å². The van der Waals surface area contributed by atoms with Crippen molar-refractivity contribution in [3.8, 4) is 0 Å². The van der Waals surface area contributed by atoms with Crippen molar-refractivity contribution in [2.45, 2.75) is 32.8 Å². The Morgan fingerprint density at radius 1 is 0.759 bits per heavy atom. The van der Waals surface area contributed by atoms with Gasteiger partial charge in [0, 0.05) is 30.9 Å². The molecule has 0 bridgehead atoms. The number of hydrogen-bond donors (Lipinski definition) is 1. The van der Waals surface area contributed by atoms with Crippen molar-refractivity contribution >= 4 is 23.0 Å². The zero-order chi connectivity index (χ0) is 20.4. The first-order valence-corrected chi connectivity index (χ1v) is 9.34. The van der Waals surface area contributed by atoms with Gasteiger partial charge in [-0.15, -0.1) is 0 Å². The Labute approximate surface area is 182 Å². The van der Waals surface area contributed by atoms with Gasteiger partial charge in [-0.2, -0.15) is 0 Å². The molecular formula is C23H28CuN2O3+2. The Morgan fingerprint density at radius 3 is 1.41 bits per heavy atom. The molecule has 6 heteroatoms. The van der Waals surface area contributed by atoms with Crippen LogP contribution in [0.5, 0.6) is 0 Å². The molecule has 0 aromatic heterocycles. The van der Waals surface area contributed by atoms with E-state index in [0.717, 1.165) is 22.6 Å². The molecule has 0 amide bonds. The SMILES string of the molecule is CC(=[OH+])CC(=NCC(O)CN=C(CC(C)=[OH+])c1ccccc1)c1ccccc1.[Cu]. The van der Waals surface area contributed by atoms with Crippen LogP contribution in [-0.2, 0) is 17.1 Å². The zero-order valence-electron chi connectivity index (χ0n) is 16.7. The fourth-order valence-electron chi connectivity index (χ4n) is 2.73. The first-order chi connectivity index (χ1) is 13.5. The minimum Gasteiger partial charge on any atom is -0.389 e. The molecule has 0 aliphatic heterocycles. The van der Waals surface area contributed by atoms with Gasteiger partial charge in [-0.05, 0) is 11.1 Å². The Hall–Kier alpha value is -2.40. The minimum atomic E-state index is -0.754. The van der Waals surface area contributed by atoms with E-state index in [2.05, 4.69) is 9.98 Å². The summed E-state index contributed by atoms with van der Waals surface area (Å²) in [6.45, 7) is 3.65. The molecule has 0 unspecified atom stereocenters. The van der Waals surface area contributed by atoms with Gasteiger partial charge >= 0.3 is 0 Å². The van der Waals surface area contributed by atoms with E-state index in [1.54, 1.807) is 13.8 Å². The topological polar surface area (TPSA) is 87.8 Å². The molecule has 0 heterocycles. The normalized spacial score (nSPS) is 12.8. The van der Waals surface area contributed by atoms with Crippen LogP contribution in [0.25, 0.3) is 0 Å². The number of nitrogens with zero attached hydrogens (tertiary/aromatic N) is 2. The zero-order valence-corrected chi connectivity index (χ0v) is 17.7. The fraction of sp³-hybridized carbons (Fsp3) is 0.304. The van der Waals surface area contributed by atoms with Crippen LogP contribution in [0.1, 0.15) is 37.8 Å². The number of aliphatic hydroxyl groups excluding tert-OH is 1. The summed E-state index contributed by atoms with van der Waals surface area (Å²) in [5.41, 5.74) is 3.29. The second kappa shape index (κ2) is 12.9. The van der Waals surface area contributed by atoms with Crippen molar-refractivity contribution < 1.29 is 31.8 Å². The number of carbonyl (C=O) groups excluding carboxylic acids is 2. The Balaban J connectivity index is 0.00000420. The number of rotatable bonds is 10. The van der Waals surface area contributed by atoms with Gasteiger partial charge in [-0.3, -0.25) is 19.6 Å². The van der Waals surface area contributed by atoms with Crippen LogP contribution >= 0.6 is 0 Å². The minimum absolute atomic E-state index is 0. The van der Waals surface area contributed by atoms with Gasteiger partial charge in [-0.25, -0.2) is 0 Å². The van der Waals surface area contributed by atoms with Crippen LogP contribution in [-0.4, -0.2) is 56.9 Å². The first kappa shape index (κ1) is 24.6. The van der Waals surface area contributed by atoms with Crippen molar-refractivity contribution in [1.82, 2.24) is 0 Å². The van der Waals surface area contributed by atoms with Crippen LogP contribution in [0.4, 0.5) is 0 Å². The summed E-state index contributed by atoms with van der Waals surface area (Å²) < 4.78 is 0. The summed E-state index contributed by atoms with van der Waals surface area (Å²) >= 11 is 0. The summed E-state index contributed by atoms with van der Waals surface area (Å²) in [5.74, 6) is 0.547. The third-order valence-electron chi connectivity index (χ3n) is 4.05. The maximum Gasteiger partial charge on any atom is 0.295 e. The molecule has 0 aliphatic carbocycles. The smallest absolute Gasteiger partial charge is 0.295 e. The Kier molecular flexibility index (Phi) is 11.0. The van der Waals surface area contributed by atoms with E-state index < -0.39 is 6.10 Å². The van der Waals surface area contributed by atoms with Gasteiger partial charge in [0.05, 0.1) is 30.6 Å². The van der Waals surface area contributed by atoms with Gasteiger partial charge in [0.1, 0.15) is 12.8 Å². The van der Waals surface area contributed by atoms with Crippen LogP contribution in [0, 0.1) is 0 Å². The molecule has 0 atom stereocenters. The van der Waals surface area contributed by atoms with E-state index >= 15 is 0 Å². The van der Waals surface area contributed by atoms with E-state index in [4.69, 9.17) is 0 Å². The molecular weight excluding hydrogens is 416 g/mol. The Bertz CT molecular complexity index is 777. The van der Waals surface area contributed by atoms with Crippen molar-refractivity contribution in [2.75, 3.05) is 13.1 Å². The summed E-state index contributed by atoms with van der Waals surface area (Å²) in [6, 6.07) is 19.2. The number of hydrogen-bond acceptors (Lipinski definition) is 3. The van der Waals surface area contributed by atoms with Gasteiger partial charge in [0.25, 0.3) is 11.6 Å². The maximum absolute atomic E-state index is 10.4.